The van der Waals surface area contributed by atoms with Crippen LogP contribution in [0.25, 0.3) is 33.9 Å². The zero-order valence-corrected chi connectivity index (χ0v) is 16.9. The quantitative estimate of drug-likeness (QED) is 0.424. The summed E-state index contributed by atoms with van der Waals surface area (Å²) in [6.45, 7) is 4.93. The van der Waals surface area contributed by atoms with Crippen molar-refractivity contribution in [3.63, 3.8) is 0 Å². The van der Waals surface area contributed by atoms with Gasteiger partial charge in [-0.1, -0.05) is 42.5 Å². The Kier molecular flexibility index (Phi) is 4.56. The lowest BCUT2D eigenvalue weighted by atomic mass is 9.99. The third kappa shape index (κ3) is 3.57. The van der Waals surface area contributed by atoms with Gasteiger partial charge in [0.05, 0.1) is 17.9 Å². The monoisotopic (exact) mass is 391 g/mol. The normalized spacial score (nSPS) is 11.1. The maximum atomic E-state index is 4.75. The highest BCUT2D eigenvalue weighted by Crippen LogP contribution is 2.28. The van der Waals surface area contributed by atoms with E-state index in [1.807, 2.05) is 35.2 Å². The van der Waals surface area contributed by atoms with E-state index in [1.54, 1.807) is 6.20 Å². The zero-order chi connectivity index (χ0) is 20.5. The molecular weight excluding hydrogens is 370 g/mol. The number of hydrogen-bond acceptors (Lipinski definition) is 4. The van der Waals surface area contributed by atoms with Gasteiger partial charge in [0, 0.05) is 24.2 Å². The SMILES string of the molecule is Cc1ccc(-c2ccc(-c3nc4ccn(Cc5cccnn5)cc-4n3)cc2)cc1C. The van der Waals surface area contributed by atoms with Gasteiger partial charge in [-0.15, -0.1) is 0 Å². The summed E-state index contributed by atoms with van der Waals surface area (Å²) in [5.41, 5.74) is 8.71. The van der Waals surface area contributed by atoms with Crippen LogP contribution in [0.3, 0.4) is 0 Å². The third-order valence-corrected chi connectivity index (χ3v) is 5.38. The summed E-state index contributed by atoms with van der Waals surface area (Å²) in [5.74, 6) is 0.744. The molecule has 0 amide bonds. The number of imidazole rings is 1. The largest absolute Gasteiger partial charge is 0.346 e. The van der Waals surface area contributed by atoms with Gasteiger partial charge in [-0.2, -0.15) is 10.2 Å². The highest BCUT2D eigenvalue weighted by molar-refractivity contribution is 5.71. The van der Waals surface area contributed by atoms with Crippen molar-refractivity contribution < 1.29 is 0 Å². The molecule has 3 aromatic rings. The second-order valence-corrected chi connectivity index (χ2v) is 7.53. The standard InChI is InChI=1S/C25H21N5/c1-17-5-6-21(14-18(17)2)19-7-9-20(10-8-19)25-27-23-11-13-30(16-24(23)28-25)15-22-4-3-12-26-29-22/h3-14,16H,15H2,1-2H3. The zero-order valence-electron chi connectivity index (χ0n) is 16.9. The summed E-state index contributed by atoms with van der Waals surface area (Å²) in [5, 5.41) is 8.08. The van der Waals surface area contributed by atoms with Crippen LogP contribution in [0.5, 0.6) is 0 Å². The minimum atomic E-state index is 0.649. The number of benzene rings is 2. The van der Waals surface area contributed by atoms with Crippen molar-refractivity contribution >= 4 is 0 Å². The molecule has 0 spiro atoms. The number of fused-ring (bicyclic) bond motifs is 1. The lowest BCUT2D eigenvalue weighted by Crippen LogP contribution is -2.03. The molecule has 5 rings (SSSR count). The molecule has 0 bridgehead atoms. The number of aromatic nitrogens is 5. The van der Waals surface area contributed by atoms with Crippen molar-refractivity contribution in [2.45, 2.75) is 20.4 Å². The number of aryl methyl sites for hydroxylation is 2. The molecule has 146 valence electrons. The first-order valence-corrected chi connectivity index (χ1v) is 9.94. The summed E-state index contributed by atoms with van der Waals surface area (Å²) in [7, 11) is 0. The first kappa shape index (κ1) is 18.2. The number of nitrogens with zero attached hydrogens (tertiary/aromatic N) is 5. The van der Waals surface area contributed by atoms with E-state index in [0.29, 0.717) is 6.54 Å². The second kappa shape index (κ2) is 7.52. The molecule has 30 heavy (non-hydrogen) atoms. The van der Waals surface area contributed by atoms with Gasteiger partial charge in [-0.05, 0) is 54.3 Å². The lowest BCUT2D eigenvalue weighted by Gasteiger charge is -2.06. The molecular formula is C25H21N5. The van der Waals surface area contributed by atoms with Crippen LogP contribution in [0, 0.1) is 13.8 Å². The number of hydrogen-bond donors (Lipinski definition) is 0. The summed E-state index contributed by atoms with van der Waals surface area (Å²) in [4.78, 5) is 9.45. The van der Waals surface area contributed by atoms with E-state index in [1.165, 1.54) is 22.3 Å². The van der Waals surface area contributed by atoms with Crippen molar-refractivity contribution in [2.75, 3.05) is 0 Å². The van der Waals surface area contributed by atoms with E-state index >= 15 is 0 Å². The van der Waals surface area contributed by atoms with Crippen LogP contribution in [0.15, 0.2) is 79.3 Å². The maximum absolute atomic E-state index is 4.75. The summed E-state index contributed by atoms with van der Waals surface area (Å²) in [6, 6.07) is 20.9. The average molecular weight is 391 g/mol. The Morgan fingerprint density at radius 2 is 1.53 bits per heavy atom. The molecule has 1 aromatic heterocycles. The highest BCUT2D eigenvalue weighted by Gasteiger charge is 2.13. The maximum Gasteiger partial charge on any atom is 0.160 e. The van der Waals surface area contributed by atoms with Crippen molar-refractivity contribution in [1.29, 1.82) is 0 Å². The molecule has 0 atom stereocenters. The predicted octanol–water partition coefficient (Wildman–Crippen LogP) is 5.17. The van der Waals surface area contributed by atoms with Gasteiger partial charge in [0.2, 0.25) is 0 Å². The molecule has 0 saturated carbocycles. The van der Waals surface area contributed by atoms with E-state index in [2.05, 4.69) is 66.5 Å². The smallest absolute Gasteiger partial charge is 0.160 e. The van der Waals surface area contributed by atoms with Crippen LogP contribution in [0.1, 0.15) is 16.8 Å². The topological polar surface area (TPSA) is 56.5 Å². The fourth-order valence-electron chi connectivity index (χ4n) is 3.52. The van der Waals surface area contributed by atoms with Gasteiger partial charge in [0.25, 0.3) is 0 Å². The van der Waals surface area contributed by atoms with Crippen LogP contribution in [-0.4, -0.2) is 24.7 Å². The Labute approximate surface area is 175 Å². The van der Waals surface area contributed by atoms with E-state index in [0.717, 1.165) is 28.5 Å². The minimum absolute atomic E-state index is 0.649. The predicted molar refractivity (Wildman–Crippen MR) is 118 cm³/mol. The molecule has 5 nitrogen and oxygen atoms in total. The molecule has 2 aliphatic rings. The Balaban J connectivity index is 1.42. The Morgan fingerprint density at radius 3 is 2.30 bits per heavy atom. The Bertz CT molecular complexity index is 1270. The molecule has 0 N–H and O–H groups in total. The number of rotatable bonds is 4. The van der Waals surface area contributed by atoms with Crippen LogP contribution >= 0.6 is 0 Å². The fraction of sp³-hybridized carbons (Fsp3) is 0.120. The lowest BCUT2D eigenvalue weighted by molar-refractivity contribution is 0.747. The molecule has 0 saturated heterocycles. The Hall–Kier alpha value is -3.86. The van der Waals surface area contributed by atoms with E-state index in [-0.39, 0.29) is 0 Å². The molecule has 0 fully saturated rings. The van der Waals surface area contributed by atoms with Gasteiger partial charge in [0.15, 0.2) is 5.82 Å². The van der Waals surface area contributed by atoms with Crippen molar-refractivity contribution in [3.05, 3.63) is 96.1 Å². The van der Waals surface area contributed by atoms with Gasteiger partial charge >= 0.3 is 0 Å². The summed E-state index contributed by atoms with van der Waals surface area (Å²) in [6.07, 6.45) is 5.68. The van der Waals surface area contributed by atoms with E-state index in [9.17, 15) is 0 Å². The van der Waals surface area contributed by atoms with Crippen LogP contribution < -0.4 is 0 Å². The molecule has 0 aliphatic carbocycles. The second-order valence-electron chi connectivity index (χ2n) is 7.53. The van der Waals surface area contributed by atoms with Gasteiger partial charge in [-0.25, -0.2) is 9.97 Å². The van der Waals surface area contributed by atoms with Gasteiger partial charge in [0.1, 0.15) is 5.69 Å². The third-order valence-electron chi connectivity index (χ3n) is 5.38. The first-order valence-electron chi connectivity index (χ1n) is 9.94. The molecule has 5 heteroatoms. The summed E-state index contributed by atoms with van der Waals surface area (Å²) < 4.78 is 2.05. The van der Waals surface area contributed by atoms with E-state index < -0.39 is 0 Å². The van der Waals surface area contributed by atoms with Crippen molar-refractivity contribution in [1.82, 2.24) is 24.7 Å². The van der Waals surface area contributed by atoms with E-state index in [4.69, 9.17) is 9.97 Å². The average Bonchev–Trinajstić information content (AvgIpc) is 3.20. The molecule has 2 aromatic carbocycles. The van der Waals surface area contributed by atoms with Gasteiger partial charge in [-0.3, -0.25) is 0 Å². The first-order chi connectivity index (χ1) is 14.7. The summed E-state index contributed by atoms with van der Waals surface area (Å²) >= 11 is 0. The number of pyridine rings is 1. The van der Waals surface area contributed by atoms with Crippen LogP contribution in [-0.2, 0) is 6.54 Å². The van der Waals surface area contributed by atoms with Crippen molar-refractivity contribution in [3.8, 4) is 33.9 Å². The molecule has 2 aliphatic heterocycles. The molecule has 3 heterocycles. The molecule has 0 unspecified atom stereocenters. The molecule has 0 radical (unpaired) electrons. The van der Waals surface area contributed by atoms with Gasteiger partial charge < -0.3 is 4.57 Å². The van der Waals surface area contributed by atoms with Crippen molar-refractivity contribution in [2.24, 2.45) is 0 Å². The van der Waals surface area contributed by atoms with Crippen LogP contribution in [0.4, 0.5) is 0 Å². The fourth-order valence-corrected chi connectivity index (χ4v) is 3.52. The highest BCUT2D eigenvalue weighted by atomic mass is 15.1. The Morgan fingerprint density at radius 1 is 0.767 bits per heavy atom. The van der Waals surface area contributed by atoms with Crippen LogP contribution in [0.2, 0.25) is 0 Å². The minimum Gasteiger partial charge on any atom is -0.346 e.